The van der Waals surface area contributed by atoms with Gasteiger partial charge < -0.3 is 15.1 Å². The number of aliphatic hydroxyl groups is 1. The standard InChI is InChI=1S/C9H8N4O3/c14-5(6(15)8-10-1-2-11-8)7(16)9-12-3-4-13-9/h1-4,6,15H,(H,10,11)(H,12,13). The van der Waals surface area contributed by atoms with E-state index in [0.29, 0.717) is 0 Å². The summed E-state index contributed by atoms with van der Waals surface area (Å²) >= 11 is 0. The summed E-state index contributed by atoms with van der Waals surface area (Å²) in [4.78, 5) is 35.4. The second-order valence-electron chi connectivity index (χ2n) is 3.01. The topological polar surface area (TPSA) is 112 Å². The number of hydrogen-bond donors (Lipinski definition) is 3. The molecule has 0 saturated heterocycles. The number of carbonyl (C=O) groups is 2. The van der Waals surface area contributed by atoms with Crippen molar-refractivity contribution in [1.29, 1.82) is 0 Å². The van der Waals surface area contributed by atoms with Gasteiger partial charge in [-0.2, -0.15) is 0 Å². The van der Waals surface area contributed by atoms with Gasteiger partial charge in [0.15, 0.2) is 11.9 Å². The molecule has 3 N–H and O–H groups in total. The van der Waals surface area contributed by atoms with E-state index in [1.165, 1.54) is 24.8 Å². The third-order valence-electron chi connectivity index (χ3n) is 1.96. The lowest BCUT2D eigenvalue weighted by atomic mass is 10.1. The van der Waals surface area contributed by atoms with Crippen molar-refractivity contribution in [3.8, 4) is 0 Å². The van der Waals surface area contributed by atoms with E-state index in [4.69, 9.17) is 0 Å². The zero-order valence-corrected chi connectivity index (χ0v) is 8.04. The molecule has 0 aliphatic carbocycles. The zero-order valence-electron chi connectivity index (χ0n) is 8.04. The number of nitrogens with zero attached hydrogens (tertiary/aromatic N) is 2. The molecule has 7 nitrogen and oxygen atoms in total. The monoisotopic (exact) mass is 220 g/mol. The molecule has 0 radical (unpaired) electrons. The minimum Gasteiger partial charge on any atom is -0.377 e. The van der Waals surface area contributed by atoms with E-state index in [0.717, 1.165) is 0 Å². The van der Waals surface area contributed by atoms with Crippen molar-refractivity contribution < 1.29 is 14.7 Å². The molecule has 2 aromatic rings. The minimum absolute atomic E-state index is 0.0323. The van der Waals surface area contributed by atoms with Gasteiger partial charge in [-0.1, -0.05) is 0 Å². The number of nitrogens with one attached hydrogen (secondary N) is 2. The van der Waals surface area contributed by atoms with Crippen LogP contribution in [0.1, 0.15) is 22.5 Å². The van der Waals surface area contributed by atoms with Gasteiger partial charge in [0.2, 0.25) is 5.78 Å². The summed E-state index contributed by atoms with van der Waals surface area (Å²) in [5.41, 5.74) is 0. The first-order valence-corrected chi connectivity index (χ1v) is 4.45. The summed E-state index contributed by atoms with van der Waals surface area (Å²) in [5.74, 6) is -1.93. The van der Waals surface area contributed by atoms with E-state index < -0.39 is 17.7 Å². The molecule has 0 fully saturated rings. The summed E-state index contributed by atoms with van der Waals surface area (Å²) in [6, 6.07) is 0. The number of imidazole rings is 2. The SMILES string of the molecule is O=C(C(=O)C(O)c1ncc[nH]1)c1ncc[nH]1. The molecule has 7 heteroatoms. The number of Topliss-reactive ketones (excluding diaryl/α,β-unsaturated/α-hetero) is 2. The van der Waals surface area contributed by atoms with Gasteiger partial charge in [0.1, 0.15) is 5.82 Å². The molecule has 0 amide bonds. The molecule has 0 bridgehead atoms. The molecule has 0 aliphatic heterocycles. The third kappa shape index (κ3) is 1.75. The van der Waals surface area contributed by atoms with Crippen LogP contribution >= 0.6 is 0 Å². The molecule has 2 rings (SSSR count). The Labute approximate surface area is 89.6 Å². The first-order chi connectivity index (χ1) is 7.70. The minimum atomic E-state index is -1.59. The number of hydrogen-bond acceptors (Lipinski definition) is 5. The van der Waals surface area contributed by atoms with Crippen LogP contribution in [-0.2, 0) is 4.79 Å². The van der Waals surface area contributed by atoms with Crippen molar-refractivity contribution in [2.45, 2.75) is 6.10 Å². The fraction of sp³-hybridized carbons (Fsp3) is 0.111. The number of aromatic nitrogens is 4. The largest absolute Gasteiger partial charge is 0.377 e. The predicted molar refractivity (Wildman–Crippen MR) is 51.5 cm³/mol. The molecular weight excluding hydrogens is 212 g/mol. The predicted octanol–water partition coefficient (Wildman–Crippen LogP) is -0.382. The number of carbonyl (C=O) groups excluding carboxylic acids is 2. The maximum Gasteiger partial charge on any atom is 0.267 e. The summed E-state index contributed by atoms with van der Waals surface area (Å²) in [6.45, 7) is 0. The Morgan fingerprint density at radius 2 is 1.88 bits per heavy atom. The average molecular weight is 220 g/mol. The second kappa shape index (κ2) is 4.07. The van der Waals surface area contributed by atoms with Gasteiger partial charge in [-0.25, -0.2) is 9.97 Å². The molecule has 82 valence electrons. The van der Waals surface area contributed by atoms with E-state index in [1.54, 1.807) is 0 Å². The van der Waals surface area contributed by atoms with Gasteiger partial charge in [-0.05, 0) is 0 Å². The van der Waals surface area contributed by atoms with E-state index >= 15 is 0 Å². The maximum atomic E-state index is 11.5. The molecule has 2 aromatic heterocycles. The van der Waals surface area contributed by atoms with Crippen molar-refractivity contribution in [2.24, 2.45) is 0 Å². The van der Waals surface area contributed by atoms with Crippen LogP contribution < -0.4 is 0 Å². The van der Waals surface area contributed by atoms with Gasteiger partial charge in [0.05, 0.1) is 0 Å². The van der Waals surface area contributed by atoms with Crippen LogP contribution in [0.25, 0.3) is 0 Å². The lowest BCUT2D eigenvalue weighted by Crippen LogP contribution is -2.24. The van der Waals surface area contributed by atoms with Gasteiger partial charge in [0, 0.05) is 24.8 Å². The second-order valence-corrected chi connectivity index (χ2v) is 3.01. The molecule has 1 unspecified atom stereocenters. The number of ketones is 2. The number of aliphatic hydroxyl groups excluding tert-OH is 1. The van der Waals surface area contributed by atoms with E-state index in [1.807, 2.05) is 0 Å². The molecule has 0 spiro atoms. The smallest absolute Gasteiger partial charge is 0.267 e. The van der Waals surface area contributed by atoms with Crippen LogP contribution in [0.15, 0.2) is 24.8 Å². The van der Waals surface area contributed by atoms with Crippen molar-refractivity contribution in [3.63, 3.8) is 0 Å². The van der Waals surface area contributed by atoms with Crippen molar-refractivity contribution in [2.75, 3.05) is 0 Å². The third-order valence-corrected chi connectivity index (χ3v) is 1.96. The van der Waals surface area contributed by atoms with Crippen molar-refractivity contribution in [1.82, 2.24) is 19.9 Å². The molecule has 0 saturated carbocycles. The number of rotatable bonds is 4. The van der Waals surface area contributed by atoms with E-state index in [2.05, 4.69) is 19.9 Å². The molecule has 1 atom stereocenters. The van der Waals surface area contributed by atoms with Crippen LogP contribution in [-0.4, -0.2) is 36.6 Å². The Bertz CT molecular complexity index is 489. The van der Waals surface area contributed by atoms with Gasteiger partial charge >= 0.3 is 0 Å². The summed E-state index contributed by atoms with van der Waals surface area (Å²) in [7, 11) is 0. The summed E-state index contributed by atoms with van der Waals surface area (Å²) in [6.07, 6.45) is 4.00. The summed E-state index contributed by atoms with van der Waals surface area (Å²) < 4.78 is 0. The van der Waals surface area contributed by atoms with Crippen molar-refractivity contribution in [3.05, 3.63) is 36.4 Å². The van der Waals surface area contributed by atoms with Crippen molar-refractivity contribution >= 4 is 11.6 Å². The Hall–Kier alpha value is -2.28. The van der Waals surface area contributed by atoms with E-state index in [9.17, 15) is 14.7 Å². The average Bonchev–Trinajstić information content (AvgIpc) is 2.97. The number of H-pyrrole nitrogens is 2. The first kappa shape index (κ1) is 10.2. The van der Waals surface area contributed by atoms with Crippen LogP contribution in [0.2, 0.25) is 0 Å². The Kier molecular flexibility index (Phi) is 2.61. The highest BCUT2D eigenvalue weighted by Crippen LogP contribution is 2.10. The highest BCUT2D eigenvalue weighted by molar-refractivity contribution is 6.43. The quantitative estimate of drug-likeness (QED) is 0.480. The van der Waals surface area contributed by atoms with Crippen LogP contribution in [0.5, 0.6) is 0 Å². The van der Waals surface area contributed by atoms with Crippen LogP contribution in [0, 0.1) is 0 Å². The Morgan fingerprint density at radius 1 is 1.19 bits per heavy atom. The zero-order chi connectivity index (χ0) is 11.5. The lowest BCUT2D eigenvalue weighted by Gasteiger charge is -2.03. The normalized spacial score (nSPS) is 12.3. The summed E-state index contributed by atoms with van der Waals surface area (Å²) in [5, 5.41) is 9.54. The maximum absolute atomic E-state index is 11.5. The fourth-order valence-corrected chi connectivity index (χ4v) is 1.18. The Balaban J connectivity index is 2.17. The molecule has 16 heavy (non-hydrogen) atoms. The number of aromatic amines is 2. The van der Waals surface area contributed by atoms with Crippen LogP contribution in [0.3, 0.4) is 0 Å². The molecule has 2 heterocycles. The highest BCUT2D eigenvalue weighted by atomic mass is 16.3. The Morgan fingerprint density at radius 3 is 2.44 bits per heavy atom. The highest BCUT2D eigenvalue weighted by Gasteiger charge is 2.28. The first-order valence-electron chi connectivity index (χ1n) is 4.45. The van der Waals surface area contributed by atoms with Gasteiger partial charge in [-0.15, -0.1) is 0 Å². The van der Waals surface area contributed by atoms with Gasteiger partial charge in [0.25, 0.3) is 5.78 Å². The van der Waals surface area contributed by atoms with E-state index in [-0.39, 0.29) is 11.6 Å². The van der Waals surface area contributed by atoms with Crippen LogP contribution in [0.4, 0.5) is 0 Å². The van der Waals surface area contributed by atoms with Gasteiger partial charge in [-0.3, -0.25) is 9.59 Å². The molecule has 0 aliphatic rings. The lowest BCUT2D eigenvalue weighted by molar-refractivity contribution is -0.123. The fourth-order valence-electron chi connectivity index (χ4n) is 1.18. The molecular formula is C9H8N4O3. The molecule has 0 aromatic carbocycles.